The number of aromatic nitrogens is 1. The number of carbonyl (C=O) groups excluding carboxylic acids is 2. The van der Waals surface area contributed by atoms with Gasteiger partial charge in [-0.05, 0) is 56.0 Å². The van der Waals surface area contributed by atoms with Gasteiger partial charge in [-0.2, -0.15) is 0 Å². The fourth-order valence-corrected chi connectivity index (χ4v) is 6.33. The van der Waals surface area contributed by atoms with Crippen LogP contribution < -0.4 is 4.74 Å². The highest BCUT2D eigenvalue weighted by molar-refractivity contribution is 6.03. The third-order valence-corrected chi connectivity index (χ3v) is 7.46. The first-order valence-corrected chi connectivity index (χ1v) is 12.0. The number of hydrogen-bond acceptors (Lipinski definition) is 4. The molecular weight excluding hydrogens is 436 g/mol. The fourth-order valence-electron chi connectivity index (χ4n) is 6.33. The maximum Gasteiger partial charge on any atom is 0.235 e. The number of pyridine rings is 1. The van der Waals surface area contributed by atoms with Gasteiger partial charge in [0.25, 0.3) is 0 Å². The van der Waals surface area contributed by atoms with E-state index in [-0.39, 0.29) is 18.4 Å². The summed E-state index contributed by atoms with van der Waals surface area (Å²) in [6.07, 6.45) is 3.59. The highest BCUT2D eigenvalue weighted by atomic mass is 16.5. The molecule has 5 nitrogen and oxygen atoms in total. The fraction of sp³-hybridized carbons (Fsp3) is 0.367. The van der Waals surface area contributed by atoms with Crippen LogP contribution in [0.3, 0.4) is 0 Å². The smallest absolute Gasteiger partial charge is 0.235 e. The Morgan fingerprint density at radius 1 is 0.943 bits per heavy atom. The SMILES string of the molecule is COc1ccc(CN2C(=O)[C@@]3(C)CC(C)(C#Cc4cnc5ccccc5c4)C[C@](C)(C3)C2=O)cc1. The summed E-state index contributed by atoms with van der Waals surface area (Å²) in [6, 6.07) is 17.5. The van der Waals surface area contributed by atoms with Crippen molar-refractivity contribution in [2.24, 2.45) is 16.2 Å². The van der Waals surface area contributed by atoms with Gasteiger partial charge >= 0.3 is 0 Å². The van der Waals surface area contributed by atoms with Crippen LogP contribution in [0.25, 0.3) is 10.9 Å². The number of benzene rings is 2. The molecule has 5 heteroatoms. The molecule has 5 rings (SSSR count). The van der Waals surface area contributed by atoms with Crippen LogP contribution in [0, 0.1) is 28.1 Å². The minimum absolute atomic E-state index is 0.101. The zero-order valence-corrected chi connectivity index (χ0v) is 20.7. The number of amides is 2. The van der Waals surface area contributed by atoms with Gasteiger partial charge in [0.15, 0.2) is 0 Å². The molecular formula is C30H30N2O3. The highest BCUT2D eigenvalue weighted by Gasteiger charge is 2.61. The van der Waals surface area contributed by atoms with Crippen molar-refractivity contribution in [2.75, 3.05) is 7.11 Å². The summed E-state index contributed by atoms with van der Waals surface area (Å²) in [6.45, 7) is 6.36. The van der Waals surface area contributed by atoms with Gasteiger partial charge in [-0.15, -0.1) is 0 Å². The minimum Gasteiger partial charge on any atom is -0.497 e. The van der Waals surface area contributed by atoms with E-state index in [0.717, 1.165) is 27.8 Å². The van der Waals surface area contributed by atoms with Crippen LogP contribution in [0.15, 0.2) is 60.8 Å². The predicted molar refractivity (Wildman–Crippen MR) is 135 cm³/mol. The summed E-state index contributed by atoms with van der Waals surface area (Å²) >= 11 is 0. The molecule has 1 aliphatic heterocycles. The molecule has 1 aromatic heterocycles. The lowest BCUT2D eigenvalue weighted by Gasteiger charge is -2.55. The van der Waals surface area contributed by atoms with Gasteiger partial charge in [-0.25, -0.2) is 0 Å². The van der Waals surface area contributed by atoms with Crippen molar-refractivity contribution < 1.29 is 14.3 Å². The quantitative estimate of drug-likeness (QED) is 0.385. The Hall–Kier alpha value is -3.65. The average molecular weight is 467 g/mol. The molecule has 2 amide bonds. The topological polar surface area (TPSA) is 59.5 Å². The van der Waals surface area contributed by atoms with Crippen molar-refractivity contribution in [3.05, 3.63) is 71.9 Å². The van der Waals surface area contributed by atoms with Crippen LogP contribution in [0.4, 0.5) is 0 Å². The first kappa shape index (κ1) is 23.1. The molecule has 2 aliphatic rings. The van der Waals surface area contributed by atoms with Crippen molar-refractivity contribution in [1.82, 2.24) is 9.88 Å². The molecule has 3 aromatic rings. The molecule has 0 spiro atoms. The third kappa shape index (κ3) is 4.18. The lowest BCUT2D eigenvalue weighted by atomic mass is 9.52. The molecule has 2 aromatic carbocycles. The van der Waals surface area contributed by atoms with Crippen molar-refractivity contribution in [3.63, 3.8) is 0 Å². The van der Waals surface area contributed by atoms with Gasteiger partial charge in [-0.1, -0.05) is 56.0 Å². The Morgan fingerprint density at radius 3 is 2.26 bits per heavy atom. The Kier molecular flexibility index (Phi) is 5.44. The van der Waals surface area contributed by atoms with Gasteiger partial charge in [0, 0.05) is 33.4 Å². The number of likely N-dealkylation sites (tertiary alicyclic amines) is 1. The molecule has 0 radical (unpaired) electrons. The number of ether oxygens (including phenoxy) is 1. The second-order valence-corrected chi connectivity index (χ2v) is 10.9. The molecule has 178 valence electrons. The molecule has 35 heavy (non-hydrogen) atoms. The van der Waals surface area contributed by atoms with Gasteiger partial charge in [0.1, 0.15) is 5.75 Å². The standard InChI is InChI=1S/C30H30N2O3/c1-28(14-13-22-15-23-7-5-6-8-25(23)31-16-22)18-29(2)20-30(3,19-28)27(34)32(26(29)33)17-21-9-11-24(35-4)12-10-21/h5-12,15-16H,17-20H2,1-4H3/t28?,29-,30+. The van der Waals surface area contributed by atoms with Crippen LogP contribution in [0.2, 0.25) is 0 Å². The third-order valence-electron chi connectivity index (χ3n) is 7.46. The number of para-hydroxylation sites is 1. The van der Waals surface area contributed by atoms with Gasteiger partial charge in [-0.3, -0.25) is 19.5 Å². The lowest BCUT2D eigenvalue weighted by Crippen LogP contribution is -2.62. The van der Waals surface area contributed by atoms with Gasteiger partial charge < -0.3 is 4.74 Å². The van der Waals surface area contributed by atoms with E-state index in [0.29, 0.717) is 19.3 Å². The summed E-state index contributed by atoms with van der Waals surface area (Å²) in [4.78, 5) is 33.3. The molecule has 0 N–H and O–H groups in total. The summed E-state index contributed by atoms with van der Waals surface area (Å²) in [7, 11) is 1.62. The van der Waals surface area contributed by atoms with E-state index in [1.165, 1.54) is 4.90 Å². The minimum atomic E-state index is -0.640. The van der Waals surface area contributed by atoms with Crippen LogP contribution in [-0.4, -0.2) is 28.8 Å². The molecule has 3 atom stereocenters. The lowest BCUT2D eigenvalue weighted by molar-refractivity contribution is -0.177. The molecule has 1 aliphatic carbocycles. The number of fused-ring (bicyclic) bond motifs is 3. The van der Waals surface area contributed by atoms with Gasteiger partial charge in [0.2, 0.25) is 11.8 Å². The monoisotopic (exact) mass is 466 g/mol. The number of nitrogens with zero attached hydrogens (tertiary/aromatic N) is 2. The Bertz CT molecular complexity index is 1350. The largest absolute Gasteiger partial charge is 0.497 e. The first-order chi connectivity index (χ1) is 16.6. The van der Waals surface area contributed by atoms with Crippen molar-refractivity contribution >= 4 is 22.7 Å². The Balaban J connectivity index is 1.43. The molecule has 1 saturated heterocycles. The van der Waals surface area contributed by atoms with Crippen molar-refractivity contribution in [1.29, 1.82) is 0 Å². The Labute approximate surface area is 206 Å². The maximum absolute atomic E-state index is 13.7. The maximum atomic E-state index is 13.7. The molecule has 1 saturated carbocycles. The summed E-state index contributed by atoms with van der Waals surface area (Å²) < 4.78 is 5.23. The van der Waals surface area contributed by atoms with Crippen LogP contribution in [0.5, 0.6) is 5.75 Å². The normalized spacial score (nSPS) is 27.9. The van der Waals surface area contributed by atoms with E-state index in [1.807, 2.05) is 68.4 Å². The number of imide groups is 1. The van der Waals surface area contributed by atoms with E-state index < -0.39 is 16.2 Å². The van der Waals surface area contributed by atoms with Crippen molar-refractivity contribution in [3.8, 4) is 17.6 Å². The second-order valence-electron chi connectivity index (χ2n) is 10.9. The van der Waals surface area contributed by atoms with Crippen LogP contribution >= 0.6 is 0 Å². The second kappa shape index (κ2) is 8.23. The first-order valence-electron chi connectivity index (χ1n) is 12.0. The van der Waals surface area contributed by atoms with E-state index in [9.17, 15) is 9.59 Å². The van der Waals surface area contributed by atoms with E-state index in [1.54, 1.807) is 13.3 Å². The molecule has 1 unspecified atom stereocenters. The number of methoxy groups -OCH3 is 1. The molecule has 2 fully saturated rings. The predicted octanol–water partition coefficient (Wildman–Crippen LogP) is 5.37. The Morgan fingerprint density at radius 2 is 1.60 bits per heavy atom. The number of rotatable bonds is 3. The highest BCUT2D eigenvalue weighted by Crippen LogP contribution is 2.58. The summed E-state index contributed by atoms with van der Waals surface area (Å²) in [5.74, 6) is 7.30. The molecule has 2 bridgehead atoms. The van der Waals surface area contributed by atoms with E-state index >= 15 is 0 Å². The number of piperidine rings is 1. The van der Waals surface area contributed by atoms with Crippen LogP contribution in [0.1, 0.15) is 51.2 Å². The van der Waals surface area contributed by atoms with Crippen molar-refractivity contribution in [2.45, 2.75) is 46.6 Å². The van der Waals surface area contributed by atoms with E-state index in [2.05, 4.69) is 23.7 Å². The zero-order valence-electron chi connectivity index (χ0n) is 20.7. The van der Waals surface area contributed by atoms with E-state index in [4.69, 9.17) is 4.74 Å². The number of carbonyl (C=O) groups is 2. The zero-order chi connectivity index (χ0) is 24.8. The summed E-state index contributed by atoms with van der Waals surface area (Å²) in [5, 5.41) is 1.04. The van der Waals surface area contributed by atoms with Gasteiger partial charge in [0.05, 0.1) is 19.2 Å². The molecule has 2 heterocycles. The average Bonchev–Trinajstić information content (AvgIpc) is 2.84. The van der Waals surface area contributed by atoms with Crippen LogP contribution in [-0.2, 0) is 16.1 Å². The summed E-state index contributed by atoms with van der Waals surface area (Å²) in [5.41, 5.74) is 0.951. The number of hydrogen-bond donors (Lipinski definition) is 0.